The standard InChI is InChI=1S/C75H122O6/c1-4-7-10-13-16-19-22-25-28-31-34-36-37-39-41-44-47-50-53-56-59-62-65-68-74(77)80-71-72(70-79-73(76)67-64-61-58-55-52-49-46-43-40-33-30-27-24-21-18-15-12-9-6-3)81-75(78)69-66-63-60-57-54-51-48-45-42-38-35-32-29-26-23-20-17-14-11-8-5-2/h7-8,10-11,16-21,25-30,34-36,38-39,41,45,48,72H,4-6,9,12-15,22-24,31-33,37,40,42-44,46-47,49-71H2,1-3H3/b10-7-,11-8-,19-16-,20-17-,21-18-,28-25-,29-26-,30-27-,36-34-,38-35-,41-39-,48-45-. The first-order chi connectivity index (χ1) is 40.0. The number of hydrogen-bond acceptors (Lipinski definition) is 6. The van der Waals surface area contributed by atoms with Crippen LogP contribution in [-0.2, 0) is 28.6 Å². The Kier molecular flexibility index (Phi) is 63.9. The number of unbranched alkanes of at least 4 members (excludes halogenated alkanes) is 24. The number of allylic oxidation sites excluding steroid dienone is 24. The highest BCUT2D eigenvalue weighted by Crippen LogP contribution is 2.15. The molecular weight excluding hydrogens is 997 g/mol. The van der Waals surface area contributed by atoms with Crippen molar-refractivity contribution in [3.63, 3.8) is 0 Å². The number of esters is 3. The van der Waals surface area contributed by atoms with Crippen LogP contribution in [0.15, 0.2) is 146 Å². The Morgan fingerprint density at radius 3 is 0.753 bits per heavy atom. The lowest BCUT2D eigenvalue weighted by Crippen LogP contribution is -2.30. The van der Waals surface area contributed by atoms with Crippen LogP contribution in [0.2, 0.25) is 0 Å². The second kappa shape index (κ2) is 67.8. The van der Waals surface area contributed by atoms with Gasteiger partial charge in [-0.15, -0.1) is 0 Å². The third kappa shape index (κ3) is 66.0. The molecule has 0 bridgehead atoms. The SMILES string of the molecule is CC/C=C\C/C=C\C/C=C\C/C=C\C/C=C\CCCCCCCCCC(=O)OCC(COC(=O)CCCCCCCCCCC/C=C\C/C=C\CCCCC)OC(=O)CCCCCCC/C=C\C/C=C\C/C=C\C/C=C\C/C=C\CC. The van der Waals surface area contributed by atoms with Crippen LogP contribution in [0.3, 0.4) is 0 Å². The van der Waals surface area contributed by atoms with Crippen LogP contribution in [0.25, 0.3) is 0 Å². The van der Waals surface area contributed by atoms with Gasteiger partial charge in [-0.2, -0.15) is 0 Å². The molecule has 0 aliphatic rings. The lowest BCUT2D eigenvalue weighted by molar-refractivity contribution is -0.167. The highest BCUT2D eigenvalue weighted by atomic mass is 16.6. The van der Waals surface area contributed by atoms with E-state index < -0.39 is 6.10 Å². The molecule has 1 atom stereocenters. The molecule has 1 unspecified atom stereocenters. The van der Waals surface area contributed by atoms with E-state index in [0.29, 0.717) is 19.3 Å². The maximum absolute atomic E-state index is 12.9. The average molecular weight is 1120 g/mol. The normalized spacial score (nSPS) is 13.1. The van der Waals surface area contributed by atoms with Gasteiger partial charge in [0.15, 0.2) is 6.10 Å². The summed E-state index contributed by atoms with van der Waals surface area (Å²) in [5, 5.41) is 0. The zero-order valence-corrected chi connectivity index (χ0v) is 52.5. The summed E-state index contributed by atoms with van der Waals surface area (Å²) in [6, 6.07) is 0. The molecule has 0 aromatic rings. The first kappa shape index (κ1) is 76.3. The first-order valence-electron chi connectivity index (χ1n) is 33.3. The summed E-state index contributed by atoms with van der Waals surface area (Å²) in [5.41, 5.74) is 0. The number of carbonyl (C=O) groups is 3. The fourth-order valence-corrected chi connectivity index (χ4v) is 8.88. The van der Waals surface area contributed by atoms with Crippen molar-refractivity contribution in [3.05, 3.63) is 146 Å². The van der Waals surface area contributed by atoms with E-state index in [1.165, 1.54) is 96.3 Å². The number of carbonyl (C=O) groups excluding carboxylic acids is 3. The molecule has 6 nitrogen and oxygen atoms in total. The van der Waals surface area contributed by atoms with E-state index in [2.05, 4.69) is 167 Å². The van der Waals surface area contributed by atoms with Gasteiger partial charge in [-0.3, -0.25) is 14.4 Å². The van der Waals surface area contributed by atoms with Gasteiger partial charge < -0.3 is 14.2 Å². The molecule has 0 saturated heterocycles. The number of ether oxygens (including phenoxy) is 3. The Labute approximate surface area is 499 Å². The second-order valence-corrected chi connectivity index (χ2v) is 21.6. The predicted molar refractivity (Wildman–Crippen MR) is 352 cm³/mol. The lowest BCUT2D eigenvalue weighted by Gasteiger charge is -2.18. The summed E-state index contributed by atoms with van der Waals surface area (Å²) >= 11 is 0. The molecule has 458 valence electrons. The Balaban J connectivity index is 4.48. The van der Waals surface area contributed by atoms with Gasteiger partial charge in [0.2, 0.25) is 0 Å². The van der Waals surface area contributed by atoms with Gasteiger partial charge in [0, 0.05) is 19.3 Å². The van der Waals surface area contributed by atoms with Crippen molar-refractivity contribution in [1.82, 2.24) is 0 Å². The van der Waals surface area contributed by atoms with Crippen molar-refractivity contribution in [2.24, 2.45) is 0 Å². The highest BCUT2D eigenvalue weighted by Gasteiger charge is 2.19. The minimum Gasteiger partial charge on any atom is -0.462 e. The van der Waals surface area contributed by atoms with Crippen LogP contribution < -0.4 is 0 Å². The molecule has 0 saturated carbocycles. The summed E-state index contributed by atoms with van der Waals surface area (Å²) in [6.45, 7) is 6.37. The minimum absolute atomic E-state index is 0.0965. The average Bonchev–Trinajstić information content (AvgIpc) is 3.47. The van der Waals surface area contributed by atoms with Gasteiger partial charge in [0.05, 0.1) is 0 Å². The Hall–Kier alpha value is -4.71. The summed E-state index contributed by atoms with van der Waals surface area (Å²) in [6.07, 6.45) is 97.0. The lowest BCUT2D eigenvalue weighted by atomic mass is 10.1. The molecule has 0 aliphatic heterocycles. The maximum Gasteiger partial charge on any atom is 0.306 e. The molecule has 0 aromatic carbocycles. The van der Waals surface area contributed by atoms with Crippen LogP contribution in [0.4, 0.5) is 0 Å². The molecule has 0 spiro atoms. The van der Waals surface area contributed by atoms with Gasteiger partial charge in [-0.05, 0) is 141 Å². The van der Waals surface area contributed by atoms with Crippen LogP contribution in [0.5, 0.6) is 0 Å². The monoisotopic (exact) mass is 1120 g/mol. The fourth-order valence-electron chi connectivity index (χ4n) is 8.88. The Bertz CT molecular complexity index is 1760. The number of hydrogen-bond donors (Lipinski definition) is 0. The topological polar surface area (TPSA) is 78.9 Å². The molecule has 0 heterocycles. The van der Waals surface area contributed by atoms with Crippen molar-refractivity contribution in [3.8, 4) is 0 Å². The van der Waals surface area contributed by atoms with E-state index in [4.69, 9.17) is 14.2 Å². The van der Waals surface area contributed by atoms with Gasteiger partial charge in [0.1, 0.15) is 13.2 Å². The zero-order chi connectivity index (χ0) is 58.5. The van der Waals surface area contributed by atoms with Crippen molar-refractivity contribution in [2.75, 3.05) is 13.2 Å². The van der Waals surface area contributed by atoms with Gasteiger partial charge in [0.25, 0.3) is 0 Å². The molecular formula is C75H122O6. The molecule has 0 amide bonds. The molecule has 0 radical (unpaired) electrons. The third-order valence-corrected chi connectivity index (χ3v) is 13.8. The van der Waals surface area contributed by atoms with Crippen LogP contribution >= 0.6 is 0 Å². The van der Waals surface area contributed by atoms with Crippen LogP contribution in [0.1, 0.15) is 290 Å². The van der Waals surface area contributed by atoms with Gasteiger partial charge >= 0.3 is 17.9 Å². The highest BCUT2D eigenvalue weighted by molar-refractivity contribution is 5.71. The maximum atomic E-state index is 12.9. The summed E-state index contributed by atoms with van der Waals surface area (Å²) < 4.78 is 17.0. The second-order valence-electron chi connectivity index (χ2n) is 21.6. The largest absolute Gasteiger partial charge is 0.462 e. The smallest absolute Gasteiger partial charge is 0.306 e. The van der Waals surface area contributed by atoms with E-state index in [1.54, 1.807) is 0 Å². The molecule has 0 N–H and O–H groups in total. The molecule has 81 heavy (non-hydrogen) atoms. The van der Waals surface area contributed by atoms with E-state index in [1.807, 2.05) is 0 Å². The van der Waals surface area contributed by atoms with E-state index in [0.717, 1.165) is 154 Å². The summed E-state index contributed by atoms with van der Waals surface area (Å²) in [7, 11) is 0. The van der Waals surface area contributed by atoms with Crippen molar-refractivity contribution in [1.29, 1.82) is 0 Å². The van der Waals surface area contributed by atoms with Crippen molar-refractivity contribution in [2.45, 2.75) is 297 Å². The molecule has 0 aromatic heterocycles. The summed E-state index contributed by atoms with van der Waals surface area (Å²) in [5.74, 6) is -0.927. The third-order valence-electron chi connectivity index (χ3n) is 13.8. The van der Waals surface area contributed by atoms with E-state index in [-0.39, 0.29) is 31.1 Å². The summed E-state index contributed by atoms with van der Waals surface area (Å²) in [4.78, 5) is 38.4. The van der Waals surface area contributed by atoms with E-state index >= 15 is 0 Å². The van der Waals surface area contributed by atoms with Crippen molar-refractivity contribution < 1.29 is 28.6 Å². The predicted octanol–water partition coefficient (Wildman–Crippen LogP) is 23.1. The number of rotatable bonds is 59. The quantitative estimate of drug-likeness (QED) is 0.0261. The molecule has 0 aliphatic carbocycles. The first-order valence-corrected chi connectivity index (χ1v) is 33.3. The molecule has 0 fully saturated rings. The van der Waals surface area contributed by atoms with Gasteiger partial charge in [-0.1, -0.05) is 276 Å². The van der Waals surface area contributed by atoms with Gasteiger partial charge in [-0.25, -0.2) is 0 Å². The zero-order valence-electron chi connectivity index (χ0n) is 52.5. The van der Waals surface area contributed by atoms with Crippen LogP contribution in [0, 0.1) is 0 Å². The minimum atomic E-state index is -0.804. The van der Waals surface area contributed by atoms with E-state index in [9.17, 15) is 14.4 Å². The molecule has 0 rings (SSSR count). The fraction of sp³-hybridized carbons (Fsp3) is 0.640. The Morgan fingerprint density at radius 2 is 0.481 bits per heavy atom. The van der Waals surface area contributed by atoms with Crippen LogP contribution in [-0.4, -0.2) is 37.2 Å². The van der Waals surface area contributed by atoms with Crippen molar-refractivity contribution >= 4 is 17.9 Å². The molecule has 6 heteroatoms. The Morgan fingerprint density at radius 1 is 0.259 bits per heavy atom.